The summed E-state index contributed by atoms with van der Waals surface area (Å²) < 4.78 is 25.5. The number of nitro benzene ring substituents is 1. The van der Waals surface area contributed by atoms with Crippen LogP contribution in [0.25, 0.3) is 0 Å². The van der Waals surface area contributed by atoms with E-state index in [4.69, 9.17) is 5.73 Å². The molecule has 0 aliphatic heterocycles. The standard InChI is InChI=1S/C9H11F2N3O2/c10-9(11,5-12)6-13-7-1-3-8(4-2-7)14(15)16/h1-4,13H,5-6,12H2. The van der Waals surface area contributed by atoms with Gasteiger partial charge in [-0.05, 0) is 12.1 Å². The topological polar surface area (TPSA) is 81.2 Å². The van der Waals surface area contributed by atoms with Gasteiger partial charge < -0.3 is 11.1 Å². The van der Waals surface area contributed by atoms with Crippen LogP contribution in [0.4, 0.5) is 20.2 Å². The van der Waals surface area contributed by atoms with E-state index in [2.05, 4.69) is 5.32 Å². The van der Waals surface area contributed by atoms with Crippen LogP contribution in [0, 0.1) is 10.1 Å². The second-order valence-corrected chi connectivity index (χ2v) is 3.22. The minimum atomic E-state index is -2.98. The molecule has 0 fully saturated rings. The first-order valence-corrected chi connectivity index (χ1v) is 4.51. The Bertz CT molecular complexity index is 368. The number of benzene rings is 1. The summed E-state index contributed by atoms with van der Waals surface area (Å²) in [4.78, 5) is 9.77. The number of nitrogens with two attached hydrogens (primary N) is 1. The summed E-state index contributed by atoms with van der Waals surface area (Å²) in [6.07, 6.45) is 0. The van der Waals surface area contributed by atoms with Crippen LogP contribution in [0.5, 0.6) is 0 Å². The van der Waals surface area contributed by atoms with Gasteiger partial charge in [0.2, 0.25) is 0 Å². The van der Waals surface area contributed by atoms with E-state index in [1.165, 1.54) is 24.3 Å². The third-order valence-electron chi connectivity index (χ3n) is 1.93. The Labute approximate surface area is 90.4 Å². The number of alkyl halides is 2. The lowest BCUT2D eigenvalue weighted by Gasteiger charge is -2.15. The maximum atomic E-state index is 12.8. The first kappa shape index (κ1) is 12.3. The lowest BCUT2D eigenvalue weighted by molar-refractivity contribution is -0.384. The number of nitro groups is 1. The maximum absolute atomic E-state index is 12.8. The Morgan fingerprint density at radius 1 is 1.38 bits per heavy atom. The molecule has 1 aromatic carbocycles. The number of non-ortho nitro benzene ring substituents is 1. The molecule has 0 atom stereocenters. The number of hydrogen-bond donors (Lipinski definition) is 2. The molecule has 0 aliphatic carbocycles. The van der Waals surface area contributed by atoms with Gasteiger partial charge in [-0.2, -0.15) is 0 Å². The predicted molar refractivity (Wildman–Crippen MR) is 55.6 cm³/mol. The zero-order chi connectivity index (χ0) is 12.2. The van der Waals surface area contributed by atoms with Gasteiger partial charge in [-0.1, -0.05) is 0 Å². The van der Waals surface area contributed by atoms with Gasteiger partial charge >= 0.3 is 0 Å². The monoisotopic (exact) mass is 231 g/mol. The van der Waals surface area contributed by atoms with E-state index in [1.54, 1.807) is 0 Å². The largest absolute Gasteiger partial charge is 0.379 e. The van der Waals surface area contributed by atoms with Gasteiger partial charge in [0.1, 0.15) is 0 Å². The molecule has 0 saturated heterocycles. The highest BCUT2D eigenvalue weighted by atomic mass is 19.3. The van der Waals surface area contributed by atoms with Crippen LogP contribution in [-0.4, -0.2) is 23.9 Å². The van der Waals surface area contributed by atoms with Gasteiger partial charge in [0.25, 0.3) is 11.6 Å². The summed E-state index contributed by atoms with van der Waals surface area (Å²) in [5.74, 6) is -2.98. The van der Waals surface area contributed by atoms with Gasteiger partial charge in [0.15, 0.2) is 0 Å². The van der Waals surface area contributed by atoms with Gasteiger partial charge in [-0.3, -0.25) is 10.1 Å². The van der Waals surface area contributed by atoms with Crippen LogP contribution < -0.4 is 11.1 Å². The second kappa shape index (κ2) is 4.84. The molecule has 0 bridgehead atoms. The normalized spacial score (nSPS) is 11.2. The molecule has 16 heavy (non-hydrogen) atoms. The molecule has 0 unspecified atom stereocenters. The first-order chi connectivity index (χ1) is 7.44. The molecule has 0 saturated carbocycles. The molecule has 3 N–H and O–H groups in total. The van der Waals surface area contributed by atoms with Crippen molar-refractivity contribution in [3.8, 4) is 0 Å². The zero-order valence-electron chi connectivity index (χ0n) is 8.32. The molecule has 0 aliphatic rings. The molecular formula is C9H11F2N3O2. The maximum Gasteiger partial charge on any atom is 0.276 e. The third kappa shape index (κ3) is 3.43. The van der Waals surface area contributed by atoms with Crippen molar-refractivity contribution in [2.24, 2.45) is 5.73 Å². The van der Waals surface area contributed by atoms with Gasteiger partial charge in [0.05, 0.1) is 18.0 Å². The van der Waals surface area contributed by atoms with Gasteiger partial charge in [0, 0.05) is 17.8 Å². The van der Waals surface area contributed by atoms with Crippen molar-refractivity contribution in [2.45, 2.75) is 5.92 Å². The molecule has 88 valence electrons. The van der Waals surface area contributed by atoms with Crippen molar-refractivity contribution in [1.29, 1.82) is 0 Å². The fourth-order valence-corrected chi connectivity index (χ4v) is 1.00. The molecule has 1 aromatic rings. The highest BCUT2D eigenvalue weighted by Gasteiger charge is 2.26. The summed E-state index contributed by atoms with van der Waals surface area (Å²) >= 11 is 0. The van der Waals surface area contributed by atoms with E-state index in [9.17, 15) is 18.9 Å². The Morgan fingerprint density at radius 3 is 2.38 bits per heavy atom. The minimum absolute atomic E-state index is 0.0869. The number of halogens is 2. The zero-order valence-corrected chi connectivity index (χ0v) is 8.32. The summed E-state index contributed by atoms with van der Waals surface area (Å²) in [5.41, 5.74) is 5.16. The number of nitrogens with one attached hydrogen (secondary N) is 1. The number of anilines is 1. The Hall–Kier alpha value is -1.76. The van der Waals surface area contributed by atoms with E-state index in [0.29, 0.717) is 5.69 Å². The minimum Gasteiger partial charge on any atom is -0.379 e. The fourth-order valence-electron chi connectivity index (χ4n) is 1.00. The smallest absolute Gasteiger partial charge is 0.276 e. The van der Waals surface area contributed by atoms with Crippen molar-refractivity contribution >= 4 is 11.4 Å². The lowest BCUT2D eigenvalue weighted by Crippen LogP contribution is -2.35. The van der Waals surface area contributed by atoms with E-state index >= 15 is 0 Å². The van der Waals surface area contributed by atoms with Crippen LogP contribution in [0.2, 0.25) is 0 Å². The predicted octanol–water partition coefficient (Wildman–Crippen LogP) is 1.60. The SMILES string of the molecule is NCC(F)(F)CNc1ccc([N+](=O)[O-])cc1. The van der Waals surface area contributed by atoms with E-state index in [1.807, 2.05) is 0 Å². The molecule has 0 spiro atoms. The molecule has 7 heteroatoms. The van der Waals surface area contributed by atoms with E-state index in [-0.39, 0.29) is 5.69 Å². The Morgan fingerprint density at radius 2 is 1.94 bits per heavy atom. The summed E-state index contributed by atoms with van der Waals surface area (Å²) in [7, 11) is 0. The van der Waals surface area contributed by atoms with Crippen LogP contribution in [0.3, 0.4) is 0 Å². The van der Waals surface area contributed by atoms with Gasteiger partial charge in [-0.15, -0.1) is 0 Å². The average molecular weight is 231 g/mol. The summed E-state index contributed by atoms with van der Waals surface area (Å²) in [6.45, 7) is -1.34. The fraction of sp³-hybridized carbons (Fsp3) is 0.333. The molecule has 0 aromatic heterocycles. The first-order valence-electron chi connectivity index (χ1n) is 4.51. The average Bonchev–Trinajstić information content (AvgIpc) is 2.27. The van der Waals surface area contributed by atoms with Crippen molar-refractivity contribution < 1.29 is 13.7 Å². The second-order valence-electron chi connectivity index (χ2n) is 3.22. The number of hydrogen-bond acceptors (Lipinski definition) is 4. The lowest BCUT2D eigenvalue weighted by atomic mass is 10.2. The highest BCUT2D eigenvalue weighted by molar-refractivity contribution is 5.48. The van der Waals surface area contributed by atoms with Gasteiger partial charge in [-0.25, -0.2) is 8.78 Å². The number of nitrogens with zero attached hydrogens (tertiary/aromatic N) is 1. The van der Waals surface area contributed by atoms with Crippen molar-refractivity contribution in [2.75, 3.05) is 18.4 Å². The molecule has 1 rings (SSSR count). The third-order valence-corrected chi connectivity index (χ3v) is 1.93. The molecule has 0 amide bonds. The van der Waals surface area contributed by atoms with Crippen molar-refractivity contribution in [1.82, 2.24) is 0 Å². The molecule has 0 radical (unpaired) electrons. The summed E-state index contributed by atoms with van der Waals surface area (Å²) in [6, 6.07) is 5.21. The highest BCUT2D eigenvalue weighted by Crippen LogP contribution is 2.17. The molecular weight excluding hydrogens is 220 g/mol. The van der Waals surface area contributed by atoms with E-state index in [0.717, 1.165) is 0 Å². The van der Waals surface area contributed by atoms with Crippen LogP contribution in [0.1, 0.15) is 0 Å². The van der Waals surface area contributed by atoms with Crippen molar-refractivity contribution in [3.05, 3.63) is 34.4 Å². The summed E-state index contributed by atoms with van der Waals surface area (Å²) in [5, 5.41) is 12.8. The quantitative estimate of drug-likeness (QED) is 0.595. The van der Waals surface area contributed by atoms with Crippen LogP contribution >= 0.6 is 0 Å². The molecule has 5 nitrogen and oxygen atoms in total. The van der Waals surface area contributed by atoms with Crippen molar-refractivity contribution in [3.63, 3.8) is 0 Å². The Kier molecular flexibility index (Phi) is 3.73. The van der Waals surface area contributed by atoms with E-state index < -0.39 is 23.9 Å². The number of rotatable bonds is 5. The Balaban J connectivity index is 2.59. The van der Waals surface area contributed by atoms with Crippen LogP contribution in [0.15, 0.2) is 24.3 Å². The van der Waals surface area contributed by atoms with Crippen LogP contribution in [-0.2, 0) is 0 Å². The molecule has 0 heterocycles.